The van der Waals surface area contributed by atoms with Gasteiger partial charge in [-0.15, -0.1) is 0 Å². The number of carboxylic acid groups (broad SMARTS) is 2. The lowest BCUT2D eigenvalue weighted by Crippen LogP contribution is -2.73. The molecule has 7 heterocycles. The minimum atomic E-state index is -3.75. The molecular formula is C96H170N4O43. The van der Waals surface area contributed by atoms with Gasteiger partial charge in [-0.25, -0.2) is 9.59 Å². The Morgan fingerprint density at radius 1 is 0.392 bits per heavy atom. The molecule has 14 unspecified atom stereocenters. The largest absolute Gasteiger partial charge is 0.477 e. The van der Waals surface area contributed by atoms with Crippen molar-refractivity contribution in [1.29, 1.82) is 0 Å². The van der Waals surface area contributed by atoms with Crippen molar-refractivity contribution in [2.75, 3.05) is 46.2 Å². The predicted octanol–water partition coefficient (Wildman–Crippen LogP) is -2.68. The molecule has 7 saturated heterocycles. The second-order valence-electron chi connectivity index (χ2n) is 39.2. The normalized spacial score (nSPS) is 35.8. The maximum absolute atomic E-state index is 14.6. The molecule has 832 valence electrons. The standard InChI is InChI=1S/C96H170N4O43/c1-7-9-11-13-15-17-19-21-22-23-24-25-26-27-28-30-32-34-36-38-40-42-66(114)100-56(57(110)41-39-37-35-33-31-29-20-18-16-14-12-10-8-2)51-130-89-79(124)77(122)81(64(49-105)134-89)136-91-80(125)86(143-96(94(128)129)44-59(112)68(98-54(5)108)85(142-96)74(119)63(48-104)140-95(93(126)127)43-58(111)67(97-53(4)107)84(141-95)71(116)60(113)45-101)82(65(50-106)135-91)137-88-69(99-55(6)109)83(73(118)62(47-103)132-88)138-92-87(76(121)72(117)61(46-102)133-92)139-90-78(123)75(120)70(115)52(3)131-90/h39,41,52,56-65,67-92,101-106,110-113,115-125H,7-38,40,42-51H2,1-6H3,(H,97,107)(H,98,108)(H,99,109)(H,100,114)(H,126,127)(H,128,129)/b41-39+/t52?,56-,57+,58?,59?,60+,61?,62?,63+,64?,65?,67+,68+,69?,70+,71+,72-,73-,74+,75?,76-,77+,78-,79?,80?,81+,82-,83+,84?,85?,86+,87?,88-,89+,90+,91-,92-,95+,96-/m0/s1. The SMILES string of the molecule is CCCCCCCCCCCCC/C=C/[C@@H](O)[C@H](CO[C@@H]1OC(CO)[C@@H](O[C@@H]2OC(CO)[C@H](O[C@@H]3OC(CO)[C@H](O)[C@H](O[C@@H]4OC(CO)[C@H](O)[C@H](O)C4O[C@H]4OC(C)[C@@H](O)C(O)[C@@H]4O)C3NC(C)=O)[C@H](O[C@]3(C(=O)O)CC(O)[C@@H](NC(C)=O)C([C@H](O)[C@@H](CO)O[C@]4(C(=O)O)CC(O)[C@@H](NC(C)=O)C([C@H](O)[C@H](O)CO)O4)O3)C2O)[C@H](O)C1O)NC(=O)CCCCCCCCCCCCCCCCCCCCCCC. The molecule has 0 bridgehead atoms. The number of carbonyl (C=O) groups is 6. The van der Waals surface area contributed by atoms with Crippen molar-refractivity contribution in [2.45, 2.75) is 511 Å². The highest BCUT2D eigenvalue weighted by Crippen LogP contribution is 2.44. The summed E-state index contributed by atoms with van der Waals surface area (Å²) in [5, 5.41) is 273. The van der Waals surface area contributed by atoms with Crippen molar-refractivity contribution in [2.24, 2.45) is 0 Å². The van der Waals surface area contributed by atoms with Crippen molar-refractivity contribution in [3.8, 4) is 0 Å². The first-order chi connectivity index (χ1) is 68.3. The lowest BCUT2D eigenvalue weighted by Gasteiger charge is -2.53. The molecule has 7 fully saturated rings. The average molecular weight is 2070 g/mol. The lowest BCUT2D eigenvalue weighted by atomic mass is 9.87. The van der Waals surface area contributed by atoms with Crippen molar-refractivity contribution in [3.63, 3.8) is 0 Å². The van der Waals surface area contributed by atoms with E-state index in [-0.39, 0.29) is 6.42 Å². The van der Waals surface area contributed by atoms with E-state index in [0.717, 1.165) is 91.4 Å². The third-order valence-corrected chi connectivity index (χ3v) is 27.7. The van der Waals surface area contributed by atoms with E-state index in [1.54, 1.807) is 6.08 Å². The van der Waals surface area contributed by atoms with Gasteiger partial charge in [0, 0.05) is 40.0 Å². The molecule has 0 aromatic rings. The van der Waals surface area contributed by atoms with Crippen molar-refractivity contribution in [3.05, 3.63) is 12.2 Å². The van der Waals surface area contributed by atoms with Crippen LogP contribution < -0.4 is 21.3 Å². The van der Waals surface area contributed by atoms with Gasteiger partial charge in [0.05, 0.1) is 88.8 Å². The van der Waals surface area contributed by atoms with Gasteiger partial charge in [0.1, 0.15) is 153 Å². The van der Waals surface area contributed by atoms with Gasteiger partial charge in [-0.2, -0.15) is 0 Å². The molecule has 47 heteroatoms. The first-order valence-corrected chi connectivity index (χ1v) is 51.6. The van der Waals surface area contributed by atoms with E-state index < -0.39 is 333 Å². The number of carbonyl (C=O) groups excluding carboxylic acids is 4. The van der Waals surface area contributed by atoms with Crippen LogP contribution >= 0.6 is 0 Å². The number of hydrogen-bond donors (Lipinski definition) is 27. The number of carboxylic acids is 2. The average Bonchev–Trinajstić information content (AvgIpc) is 0.746. The Hall–Kier alpha value is -4.84. The van der Waals surface area contributed by atoms with Crippen LogP contribution in [0.15, 0.2) is 12.2 Å². The van der Waals surface area contributed by atoms with Gasteiger partial charge in [0.25, 0.3) is 11.6 Å². The quantitative estimate of drug-likeness (QED) is 0.0218. The second kappa shape index (κ2) is 64.1. The molecule has 0 saturated carbocycles. The summed E-state index contributed by atoms with van der Waals surface area (Å²) in [5.41, 5.74) is 0. The maximum Gasteiger partial charge on any atom is 0.364 e. The molecule has 0 radical (unpaired) electrons. The third-order valence-electron chi connectivity index (χ3n) is 27.7. The number of ether oxygens (including phenoxy) is 14. The maximum atomic E-state index is 14.6. The van der Waals surface area contributed by atoms with Crippen LogP contribution in [0.5, 0.6) is 0 Å². The van der Waals surface area contributed by atoms with Crippen LogP contribution in [0.3, 0.4) is 0 Å². The molecule has 27 N–H and O–H groups in total. The number of aliphatic carboxylic acids is 2. The zero-order valence-corrected chi connectivity index (χ0v) is 83.4. The number of amides is 4. The van der Waals surface area contributed by atoms with Gasteiger partial charge in [-0.3, -0.25) is 19.2 Å². The Kier molecular flexibility index (Phi) is 56.1. The minimum absolute atomic E-state index is 0.0700. The predicted molar refractivity (Wildman–Crippen MR) is 499 cm³/mol. The molecule has 0 aliphatic carbocycles. The summed E-state index contributed by atoms with van der Waals surface area (Å²) in [7, 11) is 0. The first-order valence-electron chi connectivity index (χ1n) is 51.6. The molecule has 143 heavy (non-hydrogen) atoms. The molecular weight excluding hydrogens is 1900 g/mol. The van der Waals surface area contributed by atoms with E-state index in [2.05, 4.69) is 35.1 Å². The van der Waals surface area contributed by atoms with Crippen LogP contribution in [-0.2, 0) is 95.1 Å². The molecule has 0 spiro atoms. The summed E-state index contributed by atoms with van der Waals surface area (Å²) in [6.45, 7) is -0.0639. The van der Waals surface area contributed by atoms with E-state index >= 15 is 0 Å². The number of rotatable bonds is 67. The Bertz CT molecular complexity index is 3640. The summed E-state index contributed by atoms with van der Waals surface area (Å²) >= 11 is 0. The number of aliphatic hydroxyl groups is 21. The van der Waals surface area contributed by atoms with Crippen LogP contribution in [0.4, 0.5) is 0 Å². The summed E-state index contributed by atoms with van der Waals surface area (Å²) in [4.78, 5) is 81.3. The Morgan fingerprint density at radius 3 is 1.27 bits per heavy atom. The summed E-state index contributed by atoms with van der Waals surface area (Å²) in [6, 6.07) is -7.34. The highest BCUT2D eigenvalue weighted by molar-refractivity contribution is 5.78. The number of aliphatic hydroxyl groups excluding tert-OH is 21. The summed E-state index contributed by atoms with van der Waals surface area (Å²) in [6.07, 6.45) is -35.1. The molecule has 0 aromatic heterocycles. The second-order valence-corrected chi connectivity index (χ2v) is 39.2. The highest BCUT2D eigenvalue weighted by Gasteiger charge is 2.65. The van der Waals surface area contributed by atoms with E-state index in [1.165, 1.54) is 141 Å². The molecule has 47 nitrogen and oxygen atoms in total. The first kappa shape index (κ1) is 125. The van der Waals surface area contributed by atoms with E-state index in [9.17, 15) is 146 Å². The van der Waals surface area contributed by atoms with Gasteiger partial charge in [0.2, 0.25) is 23.6 Å². The van der Waals surface area contributed by atoms with Crippen molar-refractivity contribution in [1.82, 2.24) is 21.3 Å². The zero-order chi connectivity index (χ0) is 105. The van der Waals surface area contributed by atoms with Gasteiger partial charge >= 0.3 is 11.9 Å². The van der Waals surface area contributed by atoms with Crippen LogP contribution in [0.25, 0.3) is 0 Å². The minimum Gasteiger partial charge on any atom is -0.477 e. The molecule has 7 rings (SSSR count). The molecule has 7 aliphatic heterocycles. The lowest BCUT2D eigenvalue weighted by molar-refractivity contribution is -0.406. The van der Waals surface area contributed by atoms with Gasteiger partial charge in [0.15, 0.2) is 31.5 Å². The van der Waals surface area contributed by atoms with E-state index in [4.69, 9.17) is 66.3 Å². The number of allylic oxidation sites excluding steroid dienone is 1. The smallest absolute Gasteiger partial charge is 0.364 e. The van der Waals surface area contributed by atoms with E-state index in [0.29, 0.717) is 12.8 Å². The van der Waals surface area contributed by atoms with Crippen LogP contribution in [-0.4, -0.2) is 437 Å². The fraction of sp³-hybridized carbons (Fsp3) is 0.917. The zero-order valence-electron chi connectivity index (χ0n) is 83.4. The summed E-state index contributed by atoms with van der Waals surface area (Å²) in [5.74, 6) is -15.3. The highest BCUT2D eigenvalue weighted by atomic mass is 16.8. The van der Waals surface area contributed by atoms with Crippen LogP contribution in [0.2, 0.25) is 0 Å². The molecule has 4 amide bonds. The van der Waals surface area contributed by atoms with Crippen LogP contribution in [0.1, 0.15) is 273 Å². The topological polar surface area (TPSA) is 745 Å². The fourth-order valence-corrected chi connectivity index (χ4v) is 19.4. The Balaban J connectivity index is 1.19. The van der Waals surface area contributed by atoms with Crippen molar-refractivity contribution < 1.29 is 213 Å². The van der Waals surface area contributed by atoms with Gasteiger partial charge < -0.3 is 205 Å². The summed E-state index contributed by atoms with van der Waals surface area (Å²) < 4.78 is 84.9. The Labute approximate surface area is 835 Å². The van der Waals surface area contributed by atoms with Crippen LogP contribution in [0, 0.1) is 0 Å². The monoisotopic (exact) mass is 2070 g/mol. The number of unbranched alkanes of at least 4 members (excludes halogenated alkanes) is 31. The van der Waals surface area contributed by atoms with Gasteiger partial charge in [-0.1, -0.05) is 219 Å². The van der Waals surface area contributed by atoms with E-state index in [1.807, 2.05) is 0 Å². The fourth-order valence-electron chi connectivity index (χ4n) is 19.4. The molecule has 0 aromatic carbocycles. The van der Waals surface area contributed by atoms with Gasteiger partial charge in [-0.05, 0) is 26.2 Å². The molecule has 39 atom stereocenters. The van der Waals surface area contributed by atoms with Crippen molar-refractivity contribution >= 4 is 35.6 Å². The third kappa shape index (κ3) is 37.0. The Morgan fingerprint density at radius 2 is 0.790 bits per heavy atom. The number of nitrogens with one attached hydrogen (secondary N) is 4. The molecule has 7 aliphatic rings. The number of hydrogen-bond acceptors (Lipinski definition) is 41.